The number of aryl methyl sites for hydroxylation is 1. The average Bonchev–Trinajstić information content (AvgIpc) is 2.57. The molecule has 1 unspecified atom stereocenters. The first-order valence-electron chi connectivity index (χ1n) is 7.55. The largest absolute Gasteiger partial charge is 0.506 e. The van der Waals surface area contributed by atoms with Gasteiger partial charge in [0.2, 0.25) is 9.84 Å². The molecule has 1 atom stereocenters. The molecule has 128 valence electrons. The van der Waals surface area contributed by atoms with Gasteiger partial charge in [0.1, 0.15) is 23.4 Å². The van der Waals surface area contributed by atoms with Crippen LogP contribution in [0.1, 0.15) is 5.56 Å². The molecule has 3 rings (SSSR count). The van der Waals surface area contributed by atoms with E-state index < -0.39 is 9.84 Å². The second-order valence-electron chi connectivity index (χ2n) is 5.64. The molecule has 7 heteroatoms. The second kappa shape index (κ2) is 6.33. The summed E-state index contributed by atoms with van der Waals surface area (Å²) in [5, 5.41) is 13.1. The van der Waals surface area contributed by atoms with Crippen LogP contribution >= 0.6 is 0 Å². The highest BCUT2D eigenvalue weighted by Gasteiger charge is 2.26. The van der Waals surface area contributed by atoms with Gasteiger partial charge in [0.05, 0.1) is 4.90 Å². The maximum absolute atomic E-state index is 12.8. The first kappa shape index (κ1) is 16.6. The van der Waals surface area contributed by atoms with E-state index >= 15 is 0 Å². The molecule has 0 amide bonds. The van der Waals surface area contributed by atoms with Crippen molar-refractivity contribution in [3.8, 4) is 17.2 Å². The van der Waals surface area contributed by atoms with Crippen molar-refractivity contribution in [1.82, 2.24) is 5.32 Å². The fraction of sp³-hybridized carbons (Fsp3) is 0.294. The molecule has 6 nitrogen and oxygen atoms in total. The number of hydrogen-bond donors (Lipinski definition) is 2. The summed E-state index contributed by atoms with van der Waals surface area (Å²) in [6.45, 7) is 2.65. The minimum absolute atomic E-state index is 0.0517. The summed E-state index contributed by atoms with van der Waals surface area (Å²) < 4.78 is 37.0. The van der Waals surface area contributed by atoms with E-state index in [2.05, 4.69) is 5.32 Å². The quantitative estimate of drug-likeness (QED) is 0.877. The molecule has 0 saturated heterocycles. The minimum Gasteiger partial charge on any atom is -0.506 e. The molecule has 0 saturated carbocycles. The lowest BCUT2D eigenvalue weighted by Gasteiger charge is -2.26. The Kier molecular flexibility index (Phi) is 4.38. The smallest absolute Gasteiger partial charge is 0.210 e. The van der Waals surface area contributed by atoms with Gasteiger partial charge in [-0.05, 0) is 37.7 Å². The Bertz CT molecular complexity index is 863. The van der Waals surface area contributed by atoms with Gasteiger partial charge < -0.3 is 19.9 Å². The number of likely N-dealkylation sites (N-methyl/N-ethyl adjacent to an activating group) is 1. The van der Waals surface area contributed by atoms with Gasteiger partial charge in [0.25, 0.3) is 0 Å². The van der Waals surface area contributed by atoms with E-state index in [1.54, 1.807) is 32.2 Å². The predicted octanol–water partition coefficient (Wildman–Crippen LogP) is 1.89. The molecule has 0 radical (unpaired) electrons. The van der Waals surface area contributed by atoms with E-state index in [1.807, 2.05) is 0 Å². The third kappa shape index (κ3) is 2.92. The topological polar surface area (TPSA) is 84.9 Å². The Hall–Kier alpha value is -2.25. The molecule has 1 aliphatic heterocycles. The van der Waals surface area contributed by atoms with Crippen molar-refractivity contribution in [3.63, 3.8) is 0 Å². The maximum atomic E-state index is 12.8. The van der Waals surface area contributed by atoms with E-state index in [0.29, 0.717) is 30.2 Å². The molecule has 0 aliphatic carbocycles. The van der Waals surface area contributed by atoms with Crippen LogP contribution in [-0.4, -0.2) is 39.8 Å². The van der Waals surface area contributed by atoms with Gasteiger partial charge in [-0.2, -0.15) is 0 Å². The number of phenolic OH excluding ortho intramolecular Hbond substituents is 1. The molecular formula is C17H19NO5S. The Morgan fingerprint density at radius 2 is 2.04 bits per heavy atom. The van der Waals surface area contributed by atoms with E-state index in [0.717, 1.165) is 0 Å². The third-order valence-corrected chi connectivity index (χ3v) is 5.65. The minimum atomic E-state index is -3.86. The normalized spacial score (nSPS) is 16.8. The Labute approximate surface area is 141 Å². The first-order valence-corrected chi connectivity index (χ1v) is 9.03. The van der Waals surface area contributed by atoms with Crippen LogP contribution in [-0.2, 0) is 9.84 Å². The number of phenols is 1. The van der Waals surface area contributed by atoms with Crippen molar-refractivity contribution in [1.29, 1.82) is 0 Å². The predicted molar refractivity (Wildman–Crippen MR) is 88.6 cm³/mol. The van der Waals surface area contributed by atoms with Crippen LogP contribution in [0.2, 0.25) is 0 Å². The second-order valence-corrected chi connectivity index (χ2v) is 7.56. The molecule has 0 aromatic heterocycles. The van der Waals surface area contributed by atoms with E-state index in [-0.39, 0.29) is 21.6 Å². The number of aromatic hydroxyl groups is 1. The number of para-hydroxylation sites is 1. The molecule has 24 heavy (non-hydrogen) atoms. The summed E-state index contributed by atoms with van der Waals surface area (Å²) in [5.74, 6) is 0.657. The van der Waals surface area contributed by atoms with Crippen LogP contribution in [0.25, 0.3) is 0 Å². The van der Waals surface area contributed by atoms with Crippen LogP contribution in [0.4, 0.5) is 0 Å². The first-order chi connectivity index (χ1) is 11.4. The van der Waals surface area contributed by atoms with Crippen molar-refractivity contribution >= 4 is 9.84 Å². The van der Waals surface area contributed by atoms with Gasteiger partial charge in [-0.15, -0.1) is 0 Å². The number of ether oxygens (including phenoxy) is 2. The zero-order valence-corrected chi connectivity index (χ0v) is 14.3. The molecule has 0 bridgehead atoms. The number of hydrogen-bond acceptors (Lipinski definition) is 6. The summed E-state index contributed by atoms with van der Waals surface area (Å²) in [6.07, 6.45) is -0.187. The van der Waals surface area contributed by atoms with Gasteiger partial charge >= 0.3 is 0 Å². The monoisotopic (exact) mass is 349 g/mol. The van der Waals surface area contributed by atoms with Gasteiger partial charge in [0.15, 0.2) is 11.5 Å². The molecule has 0 fully saturated rings. The fourth-order valence-corrected chi connectivity index (χ4v) is 4.00. The van der Waals surface area contributed by atoms with Crippen LogP contribution in [0.15, 0.2) is 46.2 Å². The molecule has 0 spiro atoms. The Morgan fingerprint density at radius 3 is 2.79 bits per heavy atom. The standard InChI is InChI=1S/C17H19NO5S/c1-11-4-3-5-16(17(11)19)24(20,21)13-6-7-14-15(8-13)23-12(9-18-2)10-22-14/h3-8,12,18-19H,9-10H2,1-2H3. The SMILES string of the molecule is CNCC1COc2ccc(S(=O)(=O)c3cccc(C)c3O)cc2O1. The summed E-state index contributed by atoms with van der Waals surface area (Å²) in [6, 6.07) is 9.11. The highest BCUT2D eigenvalue weighted by Crippen LogP contribution is 2.37. The molecule has 2 aromatic carbocycles. The number of sulfone groups is 1. The van der Waals surface area contributed by atoms with Gasteiger partial charge in [-0.1, -0.05) is 12.1 Å². The third-order valence-electron chi connectivity index (χ3n) is 3.87. The molecule has 2 N–H and O–H groups in total. The lowest BCUT2D eigenvalue weighted by atomic mass is 10.2. The zero-order valence-electron chi connectivity index (χ0n) is 13.4. The van der Waals surface area contributed by atoms with E-state index in [4.69, 9.17) is 9.47 Å². The van der Waals surface area contributed by atoms with Crippen molar-refractivity contribution in [2.75, 3.05) is 20.2 Å². The lowest BCUT2D eigenvalue weighted by molar-refractivity contribution is 0.0915. The summed E-state index contributed by atoms with van der Waals surface area (Å²) in [4.78, 5) is -0.0678. The number of fused-ring (bicyclic) bond motifs is 1. The average molecular weight is 349 g/mol. The molecule has 1 heterocycles. The Morgan fingerprint density at radius 1 is 1.25 bits per heavy atom. The Balaban J connectivity index is 2.01. The maximum Gasteiger partial charge on any atom is 0.210 e. The number of benzene rings is 2. The fourth-order valence-electron chi connectivity index (χ4n) is 2.57. The van der Waals surface area contributed by atoms with Crippen molar-refractivity contribution in [2.45, 2.75) is 22.8 Å². The van der Waals surface area contributed by atoms with Gasteiger partial charge in [-0.25, -0.2) is 8.42 Å². The molecular weight excluding hydrogens is 330 g/mol. The van der Waals surface area contributed by atoms with Crippen LogP contribution in [0, 0.1) is 6.92 Å². The summed E-state index contributed by atoms with van der Waals surface area (Å²) >= 11 is 0. The van der Waals surface area contributed by atoms with E-state index in [1.165, 1.54) is 18.2 Å². The van der Waals surface area contributed by atoms with Crippen molar-refractivity contribution in [2.24, 2.45) is 0 Å². The van der Waals surface area contributed by atoms with Crippen LogP contribution in [0.5, 0.6) is 17.2 Å². The lowest BCUT2D eigenvalue weighted by Crippen LogP contribution is -2.37. The highest BCUT2D eigenvalue weighted by molar-refractivity contribution is 7.91. The van der Waals surface area contributed by atoms with Crippen molar-refractivity contribution in [3.05, 3.63) is 42.0 Å². The van der Waals surface area contributed by atoms with Gasteiger partial charge in [0, 0.05) is 12.6 Å². The van der Waals surface area contributed by atoms with Crippen LogP contribution in [0.3, 0.4) is 0 Å². The van der Waals surface area contributed by atoms with Crippen molar-refractivity contribution < 1.29 is 23.0 Å². The zero-order chi connectivity index (χ0) is 17.3. The van der Waals surface area contributed by atoms with E-state index in [9.17, 15) is 13.5 Å². The summed E-state index contributed by atoms with van der Waals surface area (Å²) in [5.41, 5.74) is 0.503. The molecule has 1 aliphatic rings. The number of nitrogens with one attached hydrogen (secondary N) is 1. The summed E-state index contributed by atoms with van der Waals surface area (Å²) in [7, 11) is -2.05. The highest BCUT2D eigenvalue weighted by atomic mass is 32.2. The van der Waals surface area contributed by atoms with Gasteiger partial charge in [-0.3, -0.25) is 0 Å². The van der Waals surface area contributed by atoms with Crippen LogP contribution < -0.4 is 14.8 Å². The molecule has 2 aromatic rings. The number of rotatable bonds is 4.